The van der Waals surface area contributed by atoms with E-state index in [4.69, 9.17) is 8.22 Å². The van der Waals surface area contributed by atoms with Crippen molar-refractivity contribution in [2.75, 3.05) is 72.5 Å². The van der Waals surface area contributed by atoms with E-state index in [2.05, 4.69) is 16.0 Å². The van der Waals surface area contributed by atoms with Crippen molar-refractivity contribution in [1.82, 2.24) is 45.3 Å². The van der Waals surface area contributed by atoms with Crippen LogP contribution in [0.25, 0.3) is 0 Å². The number of rotatable bonds is 12. The Kier molecular flexibility index (Phi) is 12.6. The first-order valence-corrected chi connectivity index (χ1v) is 18.8. The number of nitrogens with zero attached hydrogens (tertiary/aromatic N) is 6. The van der Waals surface area contributed by atoms with Gasteiger partial charge < -0.3 is 45.2 Å². The minimum Gasteiger partial charge on any atom is -0.540 e. The molecule has 1 radical (unpaired) electrons. The fourth-order valence-corrected chi connectivity index (χ4v) is 8.18. The monoisotopic (exact) mass is 869 g/mol. The molecule has 19 heteroatoms. The zero-order chi connectivity index (χ0) is 44.4. The predicted molar refractivity (Wildman–Crippen MR) is 194 cm³/mol. The molecule has 0 aliphatic carbocycles. The third-order valence-corrected chi connectivity index (χ3v) is 11.2. The van der Waals surface area contributed by atoms with Gasteiger partial charge in [-0.05, 0) is 84.1 Å². The van der Waals surface area contributed by atoms with Crippen LogP contribution in [0.15, 0.2) is 0 Å². The molecule has 6 aliphatic rings. The van der Waals surface area contributed by atoms with Gasteiger partial charge in [-0.15, -0.1) is 0 Å². The van der Waals surface area contributed by atoms with E-state index in [0.29, 0.717) is 13.0 Å². The van der Waals surface area contributed by atoms with Crippen molar-refractivity contribution in [1.29, 1.82) is 0 Å². The van der Waals surface area contributed by atoms with Gasteiger partial charge in [0.15, 0.2) is 5.78 Å². The molecule has 12 unspecified atom stereocenters. The number of hydrogen-bond acceptors (Lipinski definition) is 10. The van der Waals surface area contributed by atoms with Crippen molar-refractivity contribution in [3.63, 3.8) is 0 Å². The quantitative estimate of drug-likeness (QED) is 0.184. The SMILES string of the molecule is [3H]C1CC(C(=O)N2CC([3H])CC2C(=O)NCC(=O)N2CC([3H])CC2C(=O)CNC(=O)N2CC([3H])C(C(=O)N3CC([3H])CC3C(=O)N3CC([3H])CC3C(=O)NC[C-]=O)C2)N(C)C1.[Y]. The molecule has 8 amide bonds. The Balaban J connectivity index is 0.00000726. The molecule has 305 valence electrons. The van der Waals surface area contributed by atoms with Crippen molar-refractivity contribution >= 4 is 53.5 Å². The summed E-state index contributed by atoms with van der Waals surface area (Å²) in [4.78, 5) is 125. The molecule has 0 saturated carbocycles. The molecule has 6 fully saturated rings. The molecule has 0 aromatic rings. The molecule has 6 aliphatic heterocycles. The molecule has 0 aromatic heterocycles. The van der Waals surface area contributed by atoms with Crippen molar-refractivity contribution in [2.24, 2.45) is 5.92 Å². The molecule has 6 heterocycles. The molecule has 18 nitrogen and oxygen atoms in total. The second kappa shape index (κ2) is 19.8. The number of nitrogens with one attached hydrogen (secondary N) is 3. The van der Waals surface area contributed by atoms with E-state index < -0.39 is 135 Å². The molecule has 6 saturated heterocycles. The normalized spacial score (nSPS) is 37.1. The van der Waals surface area contributed by atoms with Gasteiger partial charge >= 0.3 is 6.03 Å². The summed E-state index contributed by atoms with van der Waals surface area (Å²) in [6.07, 6.45) is -2.81. The molecule has 56 heavy (non-hydrogen) atoms. The van der Waals surface area contributed by atoms with Gasteiger partial charge in [0, 0.05) is 80.2 Å². The number of ketones is 1. The van der Waals surface area contributed by atoms with Crippen LogP contribution in [0.1, 0.15) is 78.7 Å². The first-order valence-electron chi connectivity index (χ1n) is 22.2. The summed E-state index contributed by atoms with van der Waals surface area (Å²) in [7, 11) is 1.73. The van der Waals surface area contributed by atoms with Gasteiger partial charge in [-0.1, -0.05) is 6.54 Å². The molecule has 0 bridgehead atoms. The van der Waals surface area contributed by atoms with Crippen molar-refractivity contribution in [2.45, 2.75) is 101 Å². The van der Waals surface area contributed by atoms with Crippen molar-refractivity contribution < 1.29 is 84.1 Å². The van der Waals surface area contributed by atoms with E-state index in [1.54, 1.807) is 18.2 Å². The maximum absolute atomic E-state index is 13.9. The minimum absolute atomic E-state index is 0. The van der Waals surface area contributed by atoms with Crippen LogP contribution in [0, 0.1) is 5.92 Å². The number of urea groups is 1. The molecule has 0 spiro atoms. The number of amides is 8. The van der Waals surface area contributed by atoms with Gasteiger partial charge in [-0.3, -0.25) is 38.5 Å². The van der Waals surface area contributed by atoms with Gasteiger partial charge in [0.05, 0.1) is 31.1 Å². The molecule has 3 N–H and O–H groups in total. The van der Waals surface area contributed by atoms with E-state index in [1.165, 1.54) is 24.5 Å². The summed E-state index contributed by atoms with van der Waals surface area (Å²) in [5.74, 6) is -5.16. The average Bonchev–Trinajstić information content (AvgIpc) is 4.08. The van der Waals surface area contributed by atoms with Gasteiger partial charge in [0.2, 0.25) is 35.4 Å². The Bertz CT molecular complexity index is 1780. The largest absolute Gasteiger partial charge is 0.540 e. The van der Waals surface area contributed by atoms with Crippen LogP contribution >= 0.6 is 0 Å². The van der Waals surface area contributed by atoms with E-state index in [0.717, 1.165) is 0 Å². The zero-order valence-electron chi connectivity index (χ0n) is 37.5. The first kappa shape index (κ1) is 35.6. The number of likely N-dealkylation sites (N-methyl/N-ethyl adjacent to an activating group) is 1. The molecule has 12 atom stereocenters. The minimum atomic E-state index is -1.13. The molecule has 6 rings (SSSR count). The van der Waals surface area contributed by atoms with E-state index in [-0.39, 0.29) is 104 Å². The number of Topliss-reactive ketones (excluding diaryl/α,β-unsaturated/α-hetero) is 1. The summed E-state index contributed by atoms with van der Waals surface area (Å²) in [5, 5.41) is 7.37. The van der Waals surface area contributed by atoms with Gasteiger partial charge in [0.1, 0.15) is 18.1 Å². The standard InChI is InChI=1S/C37H54N9O9.Y/c1-41-14-2-10-28(41)35(53)44-16-5-9-27(44)33(51)39-22-31(49)43-15-3-7-25(43)30(48)21-40-37(55)42-19-12-24(23-42)34(52)46-18-6-11-29(46)36(54)45-17-4-8-26(45)32(50)38-13-20-47;/h24-29H,2-19,21-23H2,1H3,(H,38,50)(H,39,51)(H,40,55);/q-1;/i2T,3T,4T,5T,6T,12T;. The van der Waals surface area contributed by atoms with Crippen LogP contribution in [-0.4, -0.2) is 186 Å². The molecular formula is C37H54N9O9Y-. The number of hydrogen-bond donors (Lipinski definition) is 3. The fraction of sp³-hybridized carbons (Fsp3) is 0.757. The Morgan fingerprint density at radius 3 is 1.73 bits per heavy atom. The van der Waals surface area contributed by atoms with Gasteiger partial charge in [-0.2, -0.15) is 0 Å². The number of likely N-dealkylation sites (tertiary alicyclic amines) is 6. The summed E-state index contributed by atoms with van der Waals surface area (Å²) >= 11 is 0. The van der Waals surface area contributed by atoms with E-state index >= 15 is 0 Å². The van der Waals surface area contributed by atoms with E-state index in [9.17, 15) is 43.2 Å². The third-order valence-electron chi connectivity index (χ3n) is 11.2. The maximum Gasteiger partial charge on any atom is 0.317 e. The van der Waals surface area contributed by atoms with E-state index in [1.807, 2.05) is 0 Å². The smallest absolute Gasteiger partial charge is 0.317 e. The Morgan fingerprint density at radius 1 is 0.607 bits per heavy atom. The Morgan fingerprint density at radius 2 is 1.12 bits per heavy atom. The first-order chi connectivity index (χ1) is 28.9. The van der Waals surface area contributed by atoms with Crippen LogP contribution in [0.2, 0.25) is 0 Å². The molecule has 0 aromatic carbocycles. The topological polar surface area (TPSA) is 209 Å². The van der Waals surface area contributed by atoms with Crippen LogP contribution < -0.4 is 16.0 Å². The summed E-state index contributed by atoms with van der Waals surface area (Å²) in [6.45, 7) is -1.75. The van der Waals surface area contributed by atoms with Crippen LogP contribution in [0.4, 0.5) is 4.79 Å². The summed E-state index contributed by atoms with van der Waals surface area (Å²) < 4.78 is 49.6. The fourth-order valence-electron chi connectivity index (χ4n) is 8.18. The van der Waals surface area contributed by atoms with Gasteiger partial charge in [-0.25, -0.2) is 11.1 Å². The second-order valence-electron chi connectivity index (χ2n) is 14.6. The van der Waals surface area contributed by atoms with Crippen LogP contribution in [-0.2, 0) is 71.1 Å². The summed E-state index contributed by atoms with van der Waals surface area (Å²) in [5.41, 5.74) is 0. The summed E-state index contributed by atoms with van der Waals surface area (Å²) in [6, 6.07) is -5.59. The predicted octanol–water partition coefficient (Wildman–Crippen LogP) is -2.02. The number of carbonyl (C=O) groups is 8. The Labute approximate surface area is 360 Å². The van der Waals surface area contributed by atoms with Crippen LogP contribution in [0.3, 0.4) is 0 Å². The zero-order valence-corrected chi connectivity index (χ0v) is 34.3. The third kappa shape index (κ3) is 9.60. The maximum atomic E-state index is 13.9. The Hall–Kier alpha value is -3.51. The van der Waals surface area contributed by atoms with Crippen molar-refractivity contribution in [3.8, 4) is 0 Å². The average molecular weight is 870 g/mol. The molecular weight excluding hydrogens is 803 g/mol. The van der Waals surface area contributed by atoms with Crippen molar-refractivity contribution in [3.05, 3.63) is 0 Å². The second-order valence-corrected chi connectivity index (χ2v) is 14.6. The van der Waals surface area contributed by atoms with Gasteiger partial charge in [0.25, 0.3) is 0 Å². The van der Waals surface area contributed by atoms with Crippen LogP contribution in [0.5, 0.6) is 0 Å². The number of carbonyl (C=O) groups excluding carboxylic acids is 9.